The van der Waals surface area contributed by atoms with Crippen LogP contribution in [0, 0.1) is 17.8 Å². The van der Waals surface area contributed by atoms with Crippen molar-refractivity contribution in [2.75, 3.05) is 12.8 Å². The van der Waals surface area contributed by atoms with Crippen LogP contribution in [0.1, 0.15) is 31.4 Å². The maximum absolute atomic E-state index is 11.5. The molecule has 2 aliphatic rings. The third-order valence-electron chi connectivity index (χ3n) is 4.91. The number of fused-ring (bicyclic) bond motifs is 2. The second kappa shape index (κ2) is 5.58. The van der Waals surface area contributed by atoms with Gasteiger partial charge in [-0.15, -0.1) is 0 Å². The molecule has 0 aliphatic heterocycles. The number of rotatable bonds is 5. The molecule has 2 bridgehead atoms. The van der Waals surface area contributed by atoms with Crippen molar-refractivity contribution in [3.8, 4) is 0 Å². The van der Waals surface area contributed by atoms with Gasteiger partial charge in [-0.05, 0) is 61.8 Å². The van der Waals surface area contributed by atoms with Crippen LogP contribution in [0.3, 0.4) is 0 Å². The van der Waals surface area contributed by atoms with E-state index in [-0.39, 0.29) is 6.04 Å². The number of allylic oxidation sites excluding steroid dienone is 2. The number of hydrogen-bond donors (Lipinski definition) is 1. The van der Waals surface area contributed by atoms with Crippen molar-refractivity contribution in [2.45, 2.75) is 30.7 Å². The molecule has 0 amide bonds. The van der Waals surface area contributed by atoms with Gasteiger partial charge in [-0.3, -0.25) is 0 Å². The van der Waals surface area contributed by atoms with Gasteiger partial charge in [0.05, 0.1) is 4.90 Å². The highest BCUT2D eigenvalue weighted by molar-refractivity contribution is 7.90. The Morgan fingerprint density at radius 1 is 1.19 bits per heavy atom. The SMILES string of the molecule is CC(NCC1CC2C=CC1C2)c1ccc(S(C)(=O)=O)cc1. The molecule has 1 saturated carbocycles. The lowest BCUT2D eigenvalue weighted by Gasteiger charge is -2.22. The van der Waals surface area contributed by atoms with Crippen LogP contribution in [0.5, 0.6) is 0 Å². The van der Waals surface area contributed by atoms with Crippen molar-refractivity contribution < 1.29 is 8.42 Å². The summed E-state index contributed by atoms with van der Waals surface area (Å²) in [5.41, 5.74) is 1.14. The van der Waals surface area contributed by atoms with Gasteiger partial charge in [0.2, 0.25) is 0 Å². The highest BCUT2D eigenvalue weighted by Gasteiger charge is 2.35. The standard InChI is InChI=1S/C17H23NO2S/c1-12(14-5-7-17(8-6-14)21(2,19)20)18-11-16-10-13-3-4-15(16)9-13/h3-8,12-13,15-16,18H,9-11H2,1-2H3. The first-order valence-corrected chi connectivity index (χ1v) is 9.54. The van der Waals surface area contributed by atoms with Crippen molar-refractivity contribution in [3.63, 3.8) is 0 Å². The molecular formula is C17H23NO2S. The van der Waals surface area contributed by atoms with Crippen LogP contribution < -0.4 is 5.32 Å². The topological polar surface area (TPSA) is 46.2 Å². The molecule has 1 aromatic rings. The van der Waals surface area contributed by atoms with Crippen molar-refractivity contribution in [3.05, 3.63) is 42.0 Å². The predicted octanol–water partition coefficient (Wildman–Crippen LogP) is 2.95. The molecule has 3 rings (SSSR count). The molecule has 1 fully saturated rings. The molecule has 2 aliphatic carbocycles. The van der Waals surface area contributed by atoms with Crippen LogP contribution in [0.4, 0.5) is 0 Å². The van der Waals surface area contributed by atoms with Crippen molar-refractivity contribution in [1.29, 1.82) is 0 Å². The second-order valence-electron chi connectivity index (χ2n) is 6.51. The Hall–Kier alpha value is -1.13. The first-order chi connectivity index (χ1) is 9.93. The molecular weight excluding hydrogens is 282 g/mol. The van der Waals surface area contributed by atoms with E-state index in [0.29, 0.717) is 4.90 Å². The fourth-order valence-electron chi connectivity index (χ4n) is 3.58. The Morgan fingerprint density at radius 3 is 2.43 bits per heavy atom. The summed E-state index contributed by atoms with van der Waals surface area (Å²) in [6.07, 6.45) is 8.64. The van der Waals surface area contributed by atoms with Gasteiger partial charge in [0.25, 0.3) is 0 Å². The van der Waals surface area contributed by atoms with Gasteiger partial charge in [-0.25, -0.2) is 8.42 Å². The van der Waals surface area contributed by atoms with Gasteiger partial charge in [0.1, 0.15) is 0 Å². The summed E-state index contributed by atoms with van der Waals surface area (Å²) in [4.78, 5) is 0.386. The van der Waals surface area contributed by atoms with Crippen LogP contribution in [0.2, 0.25) is 0 Å². The molecule has 114 valence electrons. The quantitative estimate of drug-likeness (QED) is 0.851. The highest BCUT2D eigenvalue weighted by atomic mass is 32.2. The molecule has 0 saturated heterocycles. The average Bonchev–Trinajstić information content (AvgIpc) is 3.06. The van der Waals surface area contributed by atoms with Gasteiger partial charge >= 0.3 is 0 Å². The third-order valence-corrected chi connectivity index (χ3v) is 6.04. The first-order valence-electron chi connectivity index (χ1n) is 7.65. The van der Waals surface area contributed by atoms with E-state index in [0.717, 1.165) is 29.9 Å². The number of nitrogens with one attached hydrogen (secondary N) is 1. The Bertz CT molecular complexity index is 633. The molecule has 4 unspecified atom stereocenters. The van der Waals surface area contributed by atoms with Crippen LogP contribution in [0.25, 0.3) is 0 Å². The van der Waals surface area contributed by atoms with E-state index in [4.69, 9.17) is 0 Å². The fourth-order valence-corrected chi connectivity index (χ4v) is 4.21. The van der Waals surface area contributed by atoms with Gasteiger partial charge in [0, 0.05) is 12.3 Å². The molecule has 0 aromatic heterocycles. The normalized spacial score (nSPS) is 29.0. The number of sulfone groups is 1. The molecule has 1 N–H and O–H groups in total. The highest BCUT2D eigenvalue weighted by Crippen LogP contribution is 2.43. The lowest BCUT2D eigenvalue weighted by molar-refractivity contribution is 0.393. The van der Waals surface area contributed by atoms with Crippen LogP contribution in [-0.2, 0) is 9.84 Å². The van der Waals surface area contributed by atoms with E-state index in [2.05, 4.69) is 24.4 Å². The molecule has 21 heavy (non-hydrogen) atoms. The summed E-state index contributed by atoms with van der Waals surface area (Å²) in [6.45, 7) is 3.18. The predicted molar refractivity (Wildman–Crippen MR) is 84.8 cm³/mol. The summed E-state index contributed by atoms with van der Waals surface area (Å²) in [5.74, 6) is 2.34. The van der Waals surface area contributed by atoms with E-state index >= 15 is 0 Å². The van der Waals surface area contributed by atoms with Gasteiger partial charge in [-0.1, -0.05) is 24.3 Å². The first kappa shape index (κ1) is 14.8. The Labute approximate surface area is 127 Å². The van der Waals surface area contributed by atoms with Gasteiger partial charge in [-0.2, -0.15) is 0 Å². The number of benzene rings is 1. The Morgan fingerprint density at radius 2 is 1.90 bits per heavy atom. The summed E-state index contributed by atoms with van der Waals surface area (Å²) in [5, 5.41) is 3.60. The minimum atomic E-state index is -3.10. The van der Waals surface area contributed by atoms with E-state index in [1.807, 2.05) is 12.1 Å². The number of hydrogen-bond acceptors (Lipinski definition) is 3. The third kappa shape index (κ3) is 3.22. The summed E-state index contributed by atoms with van der Waals surface area (Å²) >= 11 is 0. The maximum atomic E-state index is 11.5. The van der Waals surface area contributed by atoms with Crippen LogP contribution in [0.15, 0.2) is 41.3 Å². The van der Waals surface area contributed by atoms with E-state index in [1.54, 1.807) is 12.1 Å². The van der Waals surface area contributed by atoms with E-state index in [1.165, 1.54) is 19.1 Å². The minimum Gasteiger partial charge on any atom is -0.310 e. The summed E-state index contributed by atoms with van der Waals surface area (Å²) in [7, 11) is -3.10. The zero-order valence-corrected chi connectivity index (χ0v) is 13.4. The lowest BCUT2D eigenvalue weighted by Crippen LogP contribution is -2.27. The largest absolute Gasteiger partial charge is 0.310 e. The zero-order valence-electron chi connectivity index (χ0n) is 12.6. The Kier molecular flexibility index (Phi) is 3.93. The second-order valence-corrected chi connectivity index (χ2v) is 8.53. The van der Waals surface area contributed by atoms with E-state index < -0.39 is 9.84 Å². The van der Waals surface area contributed by atoms with Crippen LogP contribution in [-0.4, -0.2) is 21.2 Å². The summed E-state index contributed by atoms with van der Waals surface area (Å²) in [6, 6.07) is 7.47. The van der Waals surface area contributed by atoms with Crippen LogP contribution >= 0.6 is 0 Å². The van der Waals surface area contributed by atoms with Gasteiger partial charge in [0.15, 0.2) is 9.84 Å². The molecule has 0 radical (unpaired) electrons. The molecule has 1 aromatic carbocycles. The molecule has 3 nitrogen and oxygen atoms in total. The fraction of sp³-hybridized carbons (Fsp3) is 0.529. The Balaban J connectivity index is 1.58. The molecule has 0 heterocycles. The average molecular weight is 305 g/mol. The zero-order chi connectivity index (χ0) is 15.0. The van der Waals surface area contributed by atoms with Crippen molar-refractivity contribution >= 4 is 9.84 Å². The molecule has 4 atom stereocenters. The minimum absolute atomic E-state index is 0.252. The van der Waals surface area contributed by atoms with E-state index in [9.17, 15) is 8.42 Å². The maximum Gasteiger partial charge on any atom is 0.175 e. The monoisotopic (exact) mass is 305 g/mol. The lowest BCUT2D eigenvalue weighted by atomic mass is 9.93. The van der Waals surface area contributed by atoms with Gasteiger partial charge < -0.3 is 5.32 Å². The smallest absolute Gasteiger partial charge is 0.175 e. The summed E-state index contributed by atoms with van der Waals surface area (Å²) < 4.78 is 22.9. The van der Waals surface area contributed by atoms with Crippen molar-refractivity contribution in [2.24, 2.45) is 17.8 Å². The molecule has 0 spiro atoms. The molecule has 4 heteroatoms. The van der Waals surface area contributed by atoms with Crippen molar-refractivity contribution in [1.82, 2.24) is 5.32 Å².